The number of nitrogens with zero attached hydrogens (tertiary/aromatic N) is 1. The minimum atomic E-state index is -4.47. The van der Waals surface area contributed by atoms with Crippen molar-refractivity contribution in [2.24, 2.45) is 0 Å². The van der Waals surface area contributed by atoms with Crippen molar-refractivity contribution >= 4 is 23.3 Å². The molecule has 2 aliphatic rings. The minimum absolute atomic E-state index is 0.185. The number of rotatable bonds is 2. The Hall–Kier alpha value is -2.35. The summed E-state index contributed by atoms with van der Waals surface area (Å²) in [5.74, 6) is -0.390. The molecule has 1 N–H and O–H groups in total. The van der Waals surface area contributed by atoms with E-state index in [1.165, 1.54) is 12.1 Å². The average molecular weight is 380 g/mol. The molecule has 2 heterocycles. The molecule has 1 spiro atoms. The molecule has 1 saturated heterocycles. The lowest BCUT2D eigenvalue weighted by Crippen LogP contribution is -2.46. The number of hydrogen-bond acceptors (Lipinski definition) is 3. The second-order valence-electron chi connectivity index (χ2n) is 6.54. The highest BCUT2D eigenvalue weighted by atomic mass is 32.1. The Morgan fingerprint density at radius 3 is 2.81 bits per heavy atom. The molecule has 4 nitrogen and oxygen atoms in total. The van der Waals surface area contributed by atoms with E-state index in [2.05, 4.69) is 5.32 Å². The van der Waals surface area contributed by atoms with E-state index in [0.717, 1.165) is 40.3 Å². The van der Waals surface area contributed by atoms with Crippen LogP contribution in [0, 0.1) is 0 Å². The summed E-state index contributed by atoms with van der Waals surface area (Å²) in [5.41, 5.74) is -0.790. The monoisotopic (exact) mass is 380 g/mol. The molecule has 1 aliphatic heterocycles. The van der Waals surface area contributed by atoms with Gasteiger partial charge in [-0.25, -0.2) is 4.79 Å². The van der Waals surface area contributed by atoms with E-state index in [1.54, 1.807) is 11.3 Å². The molecule has 0 radical (unpaired) electrons. The van der Waals surface area contributed by atoms with E-state index in [4.69, 9.17) is 0 Å². The molecular weight excluding hydrogens is 365 g/mol. The summed E-state index contributed by atoms with van der Waals surface area (Å²) in [7, 11) is 0. The molecule has 1 atom stereocenters. The van der Waals surface area contributed by atoms with Gasteiger partial charge in [0.1, 0.15) is 5.54 Å². The maximum Gasteiger partial charge on any atom is 0.416 e. The number of imide groups is 1. The van der Waals surface area contributed by atoms with Crippen LogP contribution in [-0.2, 0) is 29.5 Å². The van der Waals surface area contributed by atoms with E-state index in [1.807, 2.05) is 11.4 Å². The predicted molar refractivity (Wildman–Crippen MR) is 89.5 cm³/mol. The first-order valence-corrected chi connectivity index (χ1v) is 9.06. The highest BCUT2D eigenvalue weighted by Crippen LogP contribution is 2.42. The van der Waals surface area contributed by atoms with Crippen molar-refractivity contribution in [2.75, 3.05) is 0 Å². The zero-order valence-electron chi connectivity index (χ0n) is 13.6. The Bertz CT molecular complexity index is 893. The number of thiophene rings is 1. The molecular formula is C18H15F3N2O2S. The van der Waals surface area contributed by atoms with Crippen LogP contribution in [0.2, 0.25) is 0 Å². The van der Waals surface area contributed by atoms with Crippen LogP contribution >= 0.6 is 11.3 Å². The number of amides is 3. The highest BCUT2D eigenvalue weighted by molar-refractivity contribution is 7.10. The Morgan fingerprint density at radius 1 is 1.23 bits per heavy atom. The van der Waals surface area contributed by atoms with Gasteiger partial charge in [-0.2, -0.15) is 13.2 Å². The first-order chi connectivity index (χ1) is 12.3. The van der Waals surface area contributed by atoms with Crippen LogP contribution in [-0.4, -0.2) is 16.8 Å². The van der Waals surface area contributed by atoms with Crippen molar-refractivity contribution < 1.29 is 22.8 Å². The summed E-state index contributed by atoms with van der Waals surface area (Å²) in [6.07, 6.45) is -2.33. The molecule has 2 aromatic rings. The van der Waals surface area contributed by atoms with Crippen LogP contribution in [0.25, 0.3) is 0 Å². The number of halogens is 3. The van der Waals surface area contributed by atoms with Crippen molar-refractivity contribution in [1.82, 2.24) is 10.2 Å². The number of carbonyl (C=O) groups excluding carboxylic acids is 2. The summed E-state index contributed by atoms with van der Waals surface area (Å²) >= 11 is 1.55. The second kappa shape index (κ2) is 5.84. The molecule has 3 amide bonds. The van der Waals surface area contributed by atoms with Crippen LogP contribution in [0.1, 0.15) is 34.4 Å². The molecule has 1 aromatic carbocycles. The predicted octanol–water partition coefficient (Wildman–Crippen LogP) is 4.05. The fourth-order valence-electron chi connectivity index (χ4n) is 3.71. The molecule has 4 rings (SSSR count). The molecule has 26 heavy (non-hydrogen) atoms. The van der Waals surface area contributed by atoms with Gasteiger partial charge in [-0.1, -0.05) is 12.1 Å². The van der Waals surface area contributed by atoms with Gasteiger partial charge in [0.05, 0.1) is 12.1 Å². The molecule has 1 aromatic heterocycles. The Morgan fingerprint density at radius 2 is 2.04 bits per heavy atom. The van der Waals surface area contributed by atoms with Crippen molar-refractivity contribution in [3.8, 4) is 0 Å². The molecule has 0 unspecified atom stereocenters. The van der Waals surface area contributed by atoms with Crippen molar-refractivity contribution in [1.29, 1.82) is 0 Å². The van der Waals surface area contributed by atoms with E-state index in [9.17, 15) is 22.8 Å². The summed E-state index contributed by atoms with van der Waals surface area (Å²) < 4.78 is 38.7. The lowest BCUT2D eigenvalue weighted by molar-refractivity contribution is -0.137. The van der Waals surface area contributed by atoms with E-state index >= 15 is 0 Å². The van der Waals surface area contributed by atoms with E-state index < -0.39 is 23.3 Å². The maximum atomic E-state index is 13.1. The standard InChI is InChI=1S/C18H15F3N2O2S/c19-18(20,21)12-4-1-3-11(9-12)10-23-15(24)17(22-16(23)25)7-2-5-14-13(17)6-8-26-14/h1,3-4,6,8-9H,2,5,7,10H2,(H,22,25)/t17-/m1/s1. The summed E-state index contributed by atoms with van der Waals surface area (Å²) in [4.78, 5) is 27.6. The fraction of sp³-hybridized carbons (Fsp3) is 0.333. The molecule has 0 saturated carbocycles. The first-order valence-electron chi connectivity index (χ1n) is 8.18. The van der Waals surface area contributed by atoms with Crippen LogP contribution in [0.5, 0.6) is 0 Å². The normalized spacial score (nSPS) is 22.7. The zero-order chi connectivity index (χ0) is 18.5. The second-order valence-corrected chi connectivity index (χ2v) is 7.54. The van der Waals surface area contributed by atoms with Gasteiger partial charge in [0.25, 0.3) is 5.91 Å². The van der Waals surface area contributed by atoms with Gasteiger partial charge in [0.15, 0.2) is 0 Å². The topological polar surface area (TPSA) is 49.4 Å². The average Bonchev–Trinajstić information content (AvgIpc) is 3.15. The maximum absolute atomic E-state index is 13.1. The van der Waals surface area contributed by atoms with Crippen LogP contribution < -0.4 is 5.32 Å². The third-order valence-electron chi connectivity index (χ3n) is 4.93. The van der Waals surface area contributed by atoms with Gasteiger partial charge in [-0.3, -0.25) is 9.69 Å². The molecule has 136 valence electrons. The summed E-state index contributed by atoms with van der Waals surface area (Å²) in [6, 6.07) is 6.00. The van der Waals surface area contributed by atoms with Crippen molar-refractivity contribution in [3.63, 3.8) is 0 Å². The zero-order valence-corrected chi connectivity index (χ0v) is 14.4. The number of carbonyl (C=O) groups is 2. The number of aryl methyl sites for hydroxylation is 1. The van der Waals surface area contributed by atoms with Crippen molar-refractivity contribution in [2.45, 2.75) is 37.5 Å². The van der Waals surface area contributed by atoms with E-state index in [0.29, 0.717) is 6.42 Å². The van der Waals surface area contributed by atoms with Crippen LogP contribution in [0.4, 0.5) is 18.0 Å². The Kier molecular flexibility index (Phi) is 3.83. The van der Waals surface area contributed by atoms with Gasteiger partial charge >= 0.3 is 12.2 Å². The van der Waals surface area contributed by atoms with Gasteiger partial charge in [-0.15, -0.1) is 11.3 Å². The lowest BCUT2D eigenvalue weighted by Gasteiger charge is -2.31. The van der Waals surface area contributed by atoms with Crippen LogP contribution in [0.3, 0.4) is 0 Å². The Balaban J connectivity index is 1.64. The van der Waals surface area contributed by atoms with Crippen molar-refractivity contribution in [3.05, 3.63) is 57.3 Å². The molecule has 1 aliphatic carbocycles. The third-order valence-corrected chi connectivity index (χ3v) is 5.91. The summed E-state index contributed by atoms with van der Waals surface area (Å²) in [6.45, 7) is -0.185. The minimum Gasteiger partial charge on any atom is -0.319 e. The quantitative estimate of drug-likeness (QED) is 0.799. The number of nitrogens with one attached hydrogen (secondary N) is 1. The van der Waals surface area contributed by atoms with Crippen LogP contribution in [0.15, 0.2) is 35.7 Å². The van der Waals surface area contributed by atoms with Gasteiger partial charge in [0, 0.05) is 10.4 Å². The number of hydrogen-bond donors (Lipinski definition) is 1. The first kappa shape index (κ1) is 17.1. The van der Waals surface area contributed by atoms with Gasteiger partial charge in [0.2, 0.25) is 0 Å². The molecule has 1 fully saturated rings. The Labute approximate surface area is 151 Å². The molecule has 0 bridgehead atoms. The smallest absolute Gasteiger partial charge is 0.319 e. The number of urea groups is 1. The third kappa shape index (κ3) is 2.59. The molecule has 8 heteroatoms. The van der Waals surface area contributed by atoms with E-state index in [-0.39, 0.29) is 18.0 Å². The number of fused-ring (bicyclic) bond motifs is 2. The number of alkyl halides is 3. The van der Waals surface area contributed by atoms with Gasteiger partial charge < -0.3 is 5.32 Å². The van der Waals surface area contributed by atoms with Gasteiger partial charge in [-0.05, 0) is 48.4 Å². The summed E-state index contributed by atoms with van der Waals surface area (Å²) in [5, 5.41) is 4.69. The number of benzene rings is 1. The lowest BCUT2D eigenvalue weighted by atomic mass is 9.80. The highest BCUT2D eigenvalue weighted by Gasteiger charge is 2.54. The largest absolute Gasteiger partial charge is 0.416 e. The SMILES string of the molecule is O=C1N[C@@]2(CCCc3sccc32)C(=O)N1Cc1cccc(C(F)(F)F)c1. The fourth-order valence-corrected chi connectivity index (χ4v) is 4.71.